The van der Waals surface area contributed by atoms with Gasteiger partial charge in [-0.3, -0.25) is 19.5 Å². The predicted octanol–water partition coefficient (Wildman–Crippen LogP) is 5.24. The van der Waals surface area contributed by atoms with E-state index < -0.39 is 12.0 Å². The van der Waals surface area contributed by atoms with Crippen molar-refractivity contribution in [2.75, 3.05) is 11.5 Å². The molecule has 1 fully saturated rings. The summed E-state index contributed by atoms with van der Waals surface area (Å²) in [5, 5.41) is 10.6. The number of hydrogen-bond donors (Lipinski definition) is 2. The van der Waals surface area contributed by atoms with E-state index in [4.69, 9.17) is 11.6 Å². The summed E-state index contributed by atoms with van der Waals surface area (Å²) in [6.07, 6.45) is 1.97. The number of hydrogen-bond acceptors (Lipinski definition) is 7. The van der Waals surface area contributed by atoms with Crippen molar-refractivity contribution in [1.82, 2.24) is 20.5 Å². The van der Waals surface area contributed by atoms with Crippen LogP contribution in [-0.4, -0.2) is 50.2 Å². The van der Waals surface area contributed by atoms with Crippen molar-refractivity contribution in [2.24, 2.45) is 0 Å². The van der Waals surface area contributed by atoms with Gasteiger partial charge in [0, 0.05) is 15.1 Å². The highest BCUT2D eigenvalue weighted by atomic mass is 79.9. The number of H-pyrrole nitrogens is 1. The number of allylic oxidation sites excluding steroid dienone is 1. The normalized spacial score (nSPS) is 21.3. The maximum atomic E-state index is 13.2. The largest absolute Gasteiger partial charge is 0.344 e. The van der Waals surface area contributed by atoms with Crippen LogP contribution in [0, 0.1) is 0 Å². The Hall–Kier alpha value is -2.40. The molecule has 184 valence electrons. The van der Waals surface area contributed by atoms with E-state index in [1.165, 1.54) is 11.8 Å². The minimum absolute atomic E-state index is 0.0319. The van der Waals surface area contributed by atoms with Crippen LogP contribution in [0.1, 0.15) is 45.4 Å². The van der Waals surface area contributed by atoms with E-state index in [0.717, 1.165) is 32.9 Å². The summed E-state index contributed by atoms with van der Waals surface area (Å²) in [6.45, 7) is 1.89. The van der Waals surface area contributed by atoms with Gasteiger partial charge >= 0.3 is 0 Å². The number of Topliss-reactive ketones (excluding diaryl/α,β-unsaturated/α-hetero) is 2. The highest BCUT2D eigenvalue weighted by Gasteiger charge is 2.38. The summed E-state index contributed by atoms with van der Waals surface area (Å²) < 4.78 is 0.831. The van der Waals surface area contributed by atoms with E-state index in [0.29, 0.717) is 27.3 Å². The van der Waals surface area contributed by atoms with Crippen LogP contribution in [-0.2, 0) is 9.59 Å². The second-order valence-electron chi connectivity index (χ2n) is 8.47. The molecule has 2 aromatic carbocycles. The number of ketones is 2. The van der Waals surface area contributed by atoms with Crippen molar-refractivity contribution in [2.45, 2.75) is 29.3 Å². The Labute approximate surface area is 229 Å². The first kappa shape index (κ1) is 25.3. The lowest BCUT2D eigenvalue weighted by Gasteiger charge is -2.21. The molecule has 3 atom stereocenters. The van der Waals surface area contributed by atoms with Crippen molar-refractivity contribution in [1.29, 1.82) is 0 Å². The van der Waals surface area contributed by atoms with Crippen LogP contribution in [0.3, 0.4) is 0 Å². The Kier molecular flexibility index (Phi) is 7.39. The lowest BCUT2D eigenvalue weighted by atomic mass is 9.82. The fourth-order valence-electron chi connectivity index (χ4n) is 4.35. The van der Waals surface area contributed by atoms with Gasteiger partial charge in [-0.15, -0.1) is 16.9 Å². The van der Waals surface area contributed by atoms with Crippen molar-refractivity contribution in [3.05, 3.63) is 80.0 Å². The lowest BCUT2D eigenvalue weighted by Crippen LogP contribution is -2.42. The van der Waals surface area contributed by atoms with Crippen molar-refractivity contribution >= 4 is 74.6 Å². The third-order valence-electron chi connectivity index (χ3n) is 6.05. The molecule has 1 aliphatic heterocycles. The van der Waals surface area contributed by atoms with Gasteiger partial charge in [0.05, 0.1) is 16.8 Å². The molecule has 36 heavy (non-hydrogen) atoms. The van der Waals surface area contributed by atoms with Crippen LogP contribution >= 0.6 is 51.1 Å². The number of benzene rings is 2. The van der Waals surface area contributed by atoms with Crippen LogP contribution in [0.25, 0.3) is 6.08 Å². The number of aromatic amines is 1. The molecule has 1 aliphatic carbocycles. The zero-order valence-corrected chi connectivity index (χ0v) is 22.9. The Morgan fingerprint density at radius 1 is 1.28 bits per heavy atom. The van der Waals surface area contributed by atoms with Crippen LogP contribution in [0.15, 0.2) is 57.7 Å². The third-order valence-corrected chi connectivity index (χ3v) is 9.07. The van der Waals surface area contributed by atoms with Crippen molar-refractivity contribution in [3.63, 3.8) is 0 Å². The maximum absolute atomic E-state index is 13.2. The molecule has 0 saturated carbocycles. The van der Waals surface area contributed by atoms with Gasteiger partial charge in [-0.2, -0.15) is 0 Å². The molecular formula is C25H20BrClN4O3S2. The molecule has 0 spiro atoms. The second kappa shape index (κ2) is 10.5. The van der Waals surface area contributed by atoms with Gasteiger partial charge in [0.15, 0.2) is 11.6 Å². The average Bonchev–Trinajstić information content (AvgIpc) is 3.46. The molecule has 1 saturated heterocycles. The van der Waals surface area contributed by atoms with E-state index in [1.54, 1.807) is 6.07 Å². The SMILES string of the molecule is CC1=Cc2ccc(Br)cc2C(=O)C1c1nc(SCC(=O)NC2C(=O)CSC2c2ccccc2Cl)n[nH]1. The first-order valence-corrected chi connectivity index (χ1v) is 14.3. The Balaban J connectivity index is 1.24. The quantitative estimate of drug-likeness (QED) is 0.372. The van der Waals surface area contributed by atoms with Gasteiger partial charge in [0.2, 0.25) is 11.1 Å². The van der Waals surface area contributed by atoms with Gasteiger partial charge < -0.3 is 5.32 Å². The van der Waals surface area contributed by atoms with Crippen LogP contribution < -0.4 is 5.32 Å². The molecule has 1 aromatic heterocycles. The number of carbonyl (C=O) groups is 3. The van der Waals surface area contributed by atoms with Gasteiger partial charge in [0.25, 0.3) is 0 Å². The second-order valence-corrected chi connectivity index (χ2v) is 11.9. The summed E-state index contributed by atoms with van der Waals surface area (Å²) in [4.78, 5) is 42.8. The van der Waals surface area contributed by atoms with Crippen molar-refractivity contribution < 1.29 is 14.4 Å². The molecular weight excluding hydrogens is 584 g/mol. The fourth-order valence-corrected chi connectivity index (χ4v) is 6.97. The Bertz CT molecular complexity index is 1410. The number of carbonyl (C=O) groups excluding carboxylic acids is 3. The molecule has 5 rings (SSSR count). The minimum Gasteiger partial charge on any atom is -0.344 e. The number of halogens is 2. The highest BCUT2D eigenvalue weighted by molar-refractivity contribution is 9.10. The summed E-state index contributed by atoms with van der Waals surface area (Å²) in [5.74, 6) is -0.166. The summed E-state index contributed by atoms with van der Waals surface area (Å²) in [5.41, 5.74) is 3.19. The van der Waals surface area contributed by atoms with Crippen molar-refractivity contribution in [3.8, 4) is 0 Å². The molecule has 7 nitrogen and oxygen atoms in total. The van der Waals surface area contributed by atoms with E-state index in [1.807, 2.05) is 49.4 Å². The smallest absolute Gasteiger partial charge is 0.231 e. The predicted molar refractivity (Wildman–Crippen MR) is 146 cm³/mol. The monoisotopic (exact) mass is 602 g/mol. The van der Waals surface area contributed by atoms with E-state index in [2.05, 4.69) is 36.4 Å². The molecule has 2 aliphatic rings. The van der Waals surface area contributed by atoms with E-state index in [-0.39, 0.29) is 28.5 Å². The molecule has 3 aromatic rings. The first-order chi connectivity index (χ1) is 17.3. The maximum Gasteiger partial charge on any atom is 0.231 e. The molecule has 1 amide bonds. The summed E-state index contributed by atoms with van der Waals surface area (Å²) in [6, 6.07) is 12.3. The molecule has 2 heterocycles. The highest BCUT2D eigenvalue weighted by Crippen LogP contribution is 2.41. The van der Waals surface area contributed by atoms with Gasteiger partial charge in [-0.1, -0.05) is 75.2 Å². The Morgan fingerprint density at radius 2 is 2.08 bits per heavy atom. The number of amides is 1. The Morgan fingerprint density at radius 3 is 2.89 bits per heavy atom. The van der Waals surface area contributed by atoms with E-state index >= 15 is 0 Å². The zero-order chi connectivity index (χ0) is 25.4. The number of aromatic nitrogens is 3. The van der Waals surface area contributed by atoms with Crippen LogP contribution in [0.4, 0.5) is 0 Å². The third kappa shape index (κ3) is 5.04. The zero-order valence-electron chi connectivity index (χ0n) is 19.0. The van der Waals surface area contributed by atoms with Crippen LogP contribution in [0.2, 0.25) is 5.02 Å². The summed E-state index contributed by atoms with van der Waals surface area (Å²) >= 11 is 12.4. The standard InChI is InChI=1S/C25H20BrClN4O3S2/c1-12-8-13-6-7-14(26)9-16(13)22(34)20(12)24-29-25(31-30-24)36-11-19(33)28-21-18(32)10-35-23(21)15-4-2-3-5-17(15)27/h2-9,20-21,23H,10-11H2,1H3,(H,28,33)(H,29,30,31). The van der Waals surface area contributed by atoms with Crippen LogP contribution in [0.5, 0.6) is 0 Å². The van der Waals surface area contributed by atoms with Gasteiger partial charge in [-0.05, 0) is 36.2 Å². The fraction of sp³-hybridized carbons (Fsp3) is 0.240. The molecule has 0 bridgehead atoms. The van der Waals surface area contributed by atoms with Gasteiger partial charge in [0.1, 0.15) is 17.8 Å². The lowest BCUT2D eigenvalue weighted by molar-refractivity contribution is -0.124. The number of nitrogens with zero attached hydrogens (tertiary/aromatic N) is 2. The molecule has 11 heteroatoms. The topological polar surface area (TPSA) is 105 Å². The average molecular weight is 604 g/mol. The molecule has 3 unspecified atom stereocenters. The number of rotatable bonds is 6. The first-order valence-electron chi connectivity index (χ1n) is 11.1. The molecule has 2 N–H and O–H groups in total. The molecule has 0 radical (unpaired) electrons. The number of fused-ring (bicyclic) bond motifs is 1. The number of nitrogens with one attached hydrogen (secondary N) is 2. The number of thioether (sulfide) groups is 2. The minimum atomic E-state index is -0.641. The van der Waals surface area contributed by atoms with E-state index in [9.17, 15) is 14.4 Å². The van der Waals surface area contributed by atoms with Gasteiger partial charge in [-0.25, -0.2) is 4.98 Å². The summed E-state index contributed by atoms with van der Waals surface area (Å²) in [7, 11) is 0.